The maximum absolute atomic E-state index is 11.6. The standard InChI is InChI=1S/C33H26N2O4/c1-37-33(36)29-9-6-12-32(34-29)39-22-21-38-26-19-15-24(16-20-26)23-13-17-25(18-14-23)35-30-10-4-2-7-27(30)28-8-3-5-11-31(28)35/h2-20H,21-22H2,1H3. The molecule has 0 aliphatic heterocycles. The summed E-state index contributed by atoms with van der Waals surface area (Å²) in [4.78, 5) is 15.7. The number of pyridine rings is 1. The van der Waals surface area contributed by atoms with E-state index in [0.717, 1.165) is 22.6 Å². The zero-order valence-electron chi connectivity index (χ0n) is 21.4. The maximum Gasteiger partial charge on any atom is 0.356 e. The smallest absolute Gasteiger partial charge is 0.356 e. The summed E-state index contributed by atoms with van der Waals surface area (Å²) in [5.74, 6) is 0.597. The third kappa shape index (κ3) is 4.92. The SMILES string of the molecule is COC(=O)c1cccc(OCCOc2ccc(-c3ccc(-n4c5ccccc5c5ccccc54)cc3)cc2)n1. The van der Waals surface area contributed by atoms with Crippen molar-refractivity contribution in [2.75, 3.05) is 20.3 Å². The van der Waals surface area contributed by atoms with Gasteiger partial charge in [0.15, 0.2) is 5.69 Å². The van der Waals surface area contributed by atoms with Gasteiger partial charge in [0, 0.05) is 22.5 Å². The summed E-state index contributed by atoms with van der Waals surface area (Å²) in [5.41, 5.74) is 5.97. The summed E-state index contributed by atoms with van der Waals surface area (Å²) in [6.45, 7) is 0.639. The van der Waals surface area contributed by atoms with Gasteiger partial charge in [0.2, 0.25) is 5.88 Å². The Morgan fingerprint density at radius 3 is 1.90 bits per heavy atom. The molecule has 4 aromatic carbocycles. The molecule has 0 N–H and O–H groups in total. The van der Waals surface area contributed by atoms with Crippen LogP contribution in [0.5, 0.6) is 11.6 Å². The molecule has 0 fully saturated rings. The van der Waals surface area contributed by atoms with Crippen molar-refractivity contribution in [2.45, 2.75) is 0 Å². The van der Waals surface area contributed by atoms with E-state index in [-0.39, 0.29) is 5.69 Å². The molecule has 6 rings (SSSR count). The first-order valence-corrected chi connectivity index (χ1v) is 12.7. The number of rotatable bonds is 8. The van der Waals surface area contributed by atoms with Gasteiger partial charge < -0.3 is 18.8 Å². The summed E-state index contributed by atoms with van der Waals surface area (Å²) in [6, 6.07) is 38.6. The van der Waals surface area contributed by atoms with E-state index in [1.54, 1.807) is 18.2 Å². The molecular weight excluding hydrogens is 488 g/mol. The Kier molecular flexibility index (Phi) is 6.66. The number of benzene rings is 4. The van der Waals surface area contributed by atoms with E-state index in [4.69, 9.17) is 9.47 Å². The van der Waals surface area contributed by atoms with Crippen molar-refractivity contribution < 1.29 is 19.0 Å². The van der Waals surface area contributed by atoms with E-state index < -0.39 is 5.97 Å². The van der Waals surface area contributed by atoms with Crippen molar-refractivity contribution in [1.29, 1.82) is 0 Å². The largest absolute Gasteiger partial charge is 0.490 e. The van der Waals surface area contributed by atoms with Gasteiger partial charge in [0.05, 0.1) is 18.1 Å². The second-order valence-electron chi connectivity index (χ2n) is 8.99. The summed E-state index contributed by atoms with van der Waals surface area (Å²) in [6.07, 6.45) is 0. The second kappa shape index (κ2) is 10.7. The van der Waals surface area contributed by atoms with Crippen molar-refractivity contribution >= 4 is 27.8 Å². The van der Waals surface area contributed by atoms with Crippen LogP contribution in [0.25, 0.3) is 38.6 Å². The lowest BCUT2D eigenvalue weighted by Gasteiger charge is -2.11. The third-order valence-corrected chi connectivity index (χ3v) is 6.61. The third-order valence-electron chi connectivity index (χ3n) is 6.61. The van der Waals surface area contributed by atoms with Gasteiger partial charge >= 0.3 is 5.97 Å². The molecule has 0 radical (unpaired) electrons. The van der Waals surface area contributed by atoms with E-state index >= 15 is 0 Å². The lowest BCUT2D eigenvalue weighted by molar-refractivity contribution is 0.0592. The first-order valence-electron chi connectivity index (χ1n) is 12.7. The predicted molar refractivity (Wildman–Crippen MR) is 153 cm³/mol. The molecule has 0 saturated carbocycles. The van der Waals surface area contributed by atoms with Crippen LogP contribution >= 0.6 is 0 Å². The average Bonchev–Trinajstić information content (AvgIpc) is 3.34. The molecule has 0 spiro atoms. The van der Waals surface area contributed by atoms with Gasteiger partial charge in [0.25, 0.3) is 0 Å². The molecule has 2 heterocycles. The van der Waals surface area contributed by atoms with Crippen LogP contribution < -0.4 is 9.47 Å². The summed E-state index contributed by atoms with van der Waals surface area (Å²) in [5, 5.41) is 2.51. The lowest BCUT2D eigenvalue weighted by Crippen LogP contribution is -2.11. The minimum absolute atomic E-state index is 0.203. The van der Waals surface area contributed by atoms with Crippen molar-refractivity contribution in [3.05, 3.63) is 121 Å². The van der Waals surface area contributed by atoms with Gasteiger partial charge in [-0.2, -0.15) is 0 Å². The highest BCUT2D eigenvalue weighted by Crippen LogP contribution is 2.32. The Morgan fingerprint density at radius 1 is 0.667 bits per heavy atom. The number of nitrogens with zero attached hydrogens (tertiary/aromatic N) is 2. The number of methoxy groups -OCH3 is 1. The summed E-state index contributed by atoms with van der Waals surface area (Å²) in [7, 11) is 1.32. The highest BCUT2D eigenvalue weighted by molar-refractivity contribution is 6.09. The molecule has 2 aromatic heterocycles. The van der Waals surface area contributed by atoms with Crippen LogP contribution in [0.1, 0.15) is 10.5 Å². The van der Waals surface area contributed by atoms with Crippen molar-refractivity contribution in [3.8, 4) is 28.4 Å². The molecule has 0 saturated heterocycles. The number of ether oxygens (including phenoxy) is 3. The van der Waals surface area contributed by atoms with Crippen LogP contribution in [0.2, 0.25) is 0 Å². The molecule has 192 valence electrons. The van der Waals surface area contributed by atoms with Crippen LogP contribution in [0.3, 0.4) is 0 Å². The van der Waals surface area contributed by atoms with Gasteiger partial charge in [-0.05, 0) is 53.6 Å². The fourth-order valence-corrected chi connectivity index (χ4v) is 4.77. The zero-order valence-corrected chi connectivity index (χ0v) is 21.4. The number of hydrogen-bond donors (Lipinski definition) is 0. The first kappa shape index (κ1) is 24.2. The molecule has 6 heteroatoms. The average molecular weight is 515 g/mol. The molecule has 0 amide bonds. The molecule has 39 heavy (non-hydrogen) atoms. The van der Waals surface area contributed by atoms with Crippen molar-refractivity contribution in [2.24, 2.45) is 0 Å². The van der Waals surface area contributed by atoms with Gasteiger partial charge in [-0.25, -0.2) is 9.78 Å². The molecule has 0 bridgehead atoms. The minimum atomic E-state index is -0.502. The fraction of sp³-hybridized carbons (Fsp3) is 0.0909. The van der Waals surface area contributed by atoms with Crippen LogP contribution in [-0.4, -0.2) is 35.8 Å². The fourth-order valence-electron chi connectivity index (χ4n) is 4.77. The van der Waals surface area contributed by atoms with Gasteiger partial charge in [-0.15, -0.1) is 0 Å². The molecular formula is C33H26N2O4. The predicted octanol–water partition coefficient (Wildman–Crippen LogP) is 7.09. The zero-order chi connectivity index (χ0) is 26.6. The number of hydrogen-bond acceptors (Lipinski definition) is 5. The molecule has 6 nitrogen and oxygen atoms in total. The number of carbonyl (C=O) groups is 1. The van der Waals surface area contributed by atoms with Gasteiger partial charge in [-0.1, -0.05) is 66.7 Å². The highest BCUT2D eigenvalue weighted by Gasteiger charge is 2.11. The molecule has 0 atom stereocenters. The van der Waals surface area contributed by atoms with Crippen LogP contribution in [-0.2, 0) is 4.74 Å². The summed E-state index contributed by atoms with van der Waals surface area (Å²) >= 11 is 0. The van der Waals surface area contributed by atoms with E-state index in [2.05, 4.69) is 87.1 Å². The maximum atomic E-state index is 11.6. The van der Waals surface area contributed by atoms with Crippen LogP contribution in [0, 0.1) is 0 Å². The molecule has 6 aromatic rings. The number of fused-ring (bicyclic) bond motifs is 3. The monoisotopic (exact) mass is 514 g/mol. The second-order valence-corrected chi connectivity index (χ2v) is 8.99. The van der Waals surface area contributed by atoms with Crippen molar-refractivity contribution in [1.82, 2.24) is 9.55 Å². The Hall–Kier alpha value is -5.10. The first-order chi connectivity index (χ1) is 19.2. The van der Waals surface area contributed by atoms with E-state index in [1.165, 1.54) is 28.9 Å². The van der Waals surface area contributed by atoms with Gasteiger partial charge in [0.1, 0.15) is 19.0 Å². The Bertz CT molecular complexity index is 1700. The molecule has 0 unspecified atom stereocenters. The lowest BCUT2D eigenvalue weighted by atomic mass is 10.1. The molecule has 0 aliphatic rings. The molecule has 0 aliphatic carbocycles. The van der Waals surface area contributed by atoms with E-state index in [9.17, 15) is 4.79 Å². The number of aromatic nitrogens is 2. The Balaban J connectivity index is 1.11. The van der Waals surface area contributed by atoms with Gasteiger partial charge in [-0.3, -0.25) is 0 Å². The number of para-hydroxylation sites is 2. The van der Waals surface area contributed by atoms with E-state index in [1.807, 2.05) is 24.3 Å². The Morgan fingerprint density at radius 2 is 1.26 bits per heavy atom. The summed E-state index contributed by atoms with van der Waals surface area (Å²) < 4.78 is 18.4. The van der Waals surface area contributed by atoms with Crippen LogP contribution in [0.4, 0.5) is 0 Å². The topological polar surface area (TPSA) is 62.6 Å². The number of esters is 1. The Labute approximate surface area is 226 Å². The minimum Gasteiger partial charge on any atom is -0.490 e. The number of carbonyl (C=O) groups excluding carboxylic acids is 1. The van der Waals surface area contributed by atoms with Crippen LogP contribution in [0.15, 0.2) is 115 Å². The quantitative estimate of drug-likeness (QED) is 0.160. The van der Waals surface area contributed by atoms with E-state index in [0.29, 0.717) is 19.1 Å². The highest BCUT2D eigenvalue weighted by atomic mass is 16.5. The normalized spacial score (nSPS) is 11.0. The van der Waals surface area contributed by atoms with Crippen molar-refractivity contribution in [3.63, 3.8) is 0 Å².